The number of nitrogens with one attached hydrogen (secondary N) is 2. The number of nitrogens with zero attached hydrogens (tertiary/aromatic N) is 3. The Hall–Kier alpha value is -2.54. The first-order chi connectivity index (χ1) is 12.3. The van der Waals surface area contributed by atoms with Gasteiger partial charge in [-0.15, -0.1) is 0 Å². The summed E-state index contributed by atoms with van der Waals surface area (Å²) in [7, 11) is 0. The fourth-order valence-electron chi connectivity index (χ4n) is 3.27. The zero-order chi connectivity index (χ0) is 17.1. The molecule has 0 aliphatic heterocycles. The van der Waals surface area contributed by atoms with Crippen molar-refractivity contribution in [3.05, 3.63) is 48.4 Å². The first kappa shape index (κ1) is 16.0. The van der Waals surface area contributed by atoms with E-state index in [0.29, 0.717) is 11.2 Å². The van der Waals surface area contributed by atoms with Crippen LogP contribution >= 0.6 is 0 Å². The fraction of sp³-hybridized carbons (Fsp3) is 0.389. The van der Waals surface area contributed by atoms with Gasteiger partial charge < -0.3 is 10.1 Å². The number of fused-ring (bicyclic) bond motifs is 1. The van der Waals surface area contributed by atoms with Crippen molar-refractivity contribution in [1.29, 1.82) is 0 Å². The molecule has 1 aliphatic carbocycles. The maximum atomic E-state index is 14.2. The first-order valence-electron chi connectivity index (χ1n) is 8.51. The molecule has 2 unspecified atom stereocenters. The molecule has 3 aromatic rings. The molecule has 0 bridgehead atoms. The number of alkyl halides is 1. The monoisotopic (exact) mass is 341 g/mol. The van der Waals surface area contributed by atoms with Gasteiger partial charge in [-0.05, 0) is 24.8 Å². The van der Waals surface area contributed by atoms with Crippen molar-refractivity contribution >= 4 is 16.9 Å². The summed E-state index contributed by atoms with van der Waals surface area (Å²) in [5.74, 6) is 0.775. The van der Waals surface area contributed by atoms with E-state index in [2.05, 4.69) is 25.5 Å². The largest absolute Gasteiger partial charge is 0.375 e. The highest BCUT2D eigenvalue weighted by molar-refractivity contribution is 5.85. The third-order valence-electron chi connectivity index (χ3n) is 4.61. The van der Waals surface area contributed by atoms with Gasteiger partial charge in [0, 0.05) is 6.04 Å². The molecule has 1 aliphatic rings. The lowest BCUT2D eigenvalue weighted by Crippen LogP contribution is -2.19. The van der Waals surface area contributed by atoms with Crippen LogP contribution in [-0.4, -0.2) is 38.9 Å². The smallest absolute Gasteiger partial charge is 0.160 e. The molecule has 0 spiro atoms. The molecule has 0 amide bonds. The minimum atomic E-state index is -1.08. The molecule has 1 fully saturated rings. The fourth-order valence-corrected chi connectivity index (χ4v) is 3.27. The number of hydrogen-bond acceptors (Lipinski definition) is 5. The van der Waals surface area contributed by atoms with Gasteiger partial charge in [0.25, 0.3) is 0 Å². The van der Waals surface area contributed by atoms with Crippen LogP contribution in [0.1, 0.15) is 31.0 Å². The third-order valence-corrected chi connectivity index (χ3v) is 4.61. The van der Waals surface area contributed by atoms with E-state index < -0.39 is 6.17 Å². The standard InChI is InChI=1S/C18H20FN5O/c19-16(12-4-2-1-3-5-12)10-25-14-7-6-13(8-14)23-17-15-9-22-24-18(15)21-11-20-17/h1-5,9,11,13-14,16H,6-8,10H2,(H2,20,21,22,23,24)/t13-,14?,16?/m0/s1. The quantitative estimate of drug-likeness (QED) is 0.718. The van der Waals surface area contributed by atoms with Crippen molar-refractivity contribution < 1.29 is 9.13 Å². The number of benzene rings is 1. The van der Waals surface area contributed by atoms with E-state index in [1.54, 1.807) is 18.3 Å². The number of anilines is 1. The molecule has 1 aromatic carbocycles. The predicted molar refractivity (Wildman–Crippen MR) is 93.0 cm³/mol. The highest BCUT2D eigenvalue weighted by Crippen LogP contribution is 2.28. The van der Waals surface area contributed by atoms with Crippen molar-refractivity contribution in [2.45, 2.75) is 37.6 Å². The van der Waals surface area contributed by atoms with Crippen LogP contribution in [0.2, 0.25) is 0 Å². The minimum absolute atomic E-state index is 0.0705. The van der Waals surface area contributed by atoms with Crippen molar-refractivity contribution in [3.63, 3.8) is 0 Å². The van der Waals surface area contributed by atoms with Gasteiger partial charge in [0.1, 0.15) is 18.3 Å². The van der Waals surface area contributed by atoms with Gasteiger partial charge >= 0.3 is 0 Å². The second kappa shape index (κ2) is 7.14. The van der Waals surface area contributed by atoms with Crippen LogP contribution in [0, 0.1) is 0 Å². The first-order valence-corrected chi connectivity index (χ1v) is 8.51. The summed E-state index contributed by atoms with van der Waals surface area (Å²) in [6.07, 6.45) is 4.94. The molecular formula is C18H20FN5O. The van der Waals surface area contributed by atoms with E-state index in [9.17, 15) is 4.39 Å². The molecule has 2 N–H and O–H groups in total. The van der Waals surface area contributed by atoms with Crippen LogP contribution in [0.5, 0.6) is 0 Å². The summed E-state index contributed by atoms with van der Waals surface area (Å²) < 4.78 is 20.0. The highest BCUT2D eigenvalue weighted by atomic mass is 19.1. The van der Waals surface area contributed by atoms with Gasteiger partial charge in [-0.25, -0.2) is 14.4 Å². The maximum Gasteiger partial charge on any atom is 0.160 e. The lowest BCUT2D eigenvalue weighted by molar-refractivity contribution is 0.0217. The molecule has 4 rings (SSSR count). The predicted octanol–water partition coefficient (Wildman–Crippen LogP) is 3.41. The van der Waals surface area contributed by atoms with Crippen LogP contribution in [0.25, 0.3) is 11.0 Å². The Morgan fingerprint density at radius 1 is 1.24 bits per heavy atom. The molecule has 6 nitrogen and oxygen atoms in total. The summed E-state index contributed by atoms with van der Waals surface area (Å²) in [4.78, 5) is 8.43. The molecule has 25 heavy (non-hydrogen) atoms. The minimum Gasteiger partial charge on any atom is -0.375 e. The van der Waals surface area contributed by atoms with E-state index in [1.807, 2.05) is 18.2 Å². The van der Waals surface area contributed by atoms with Gasteiger partial charge in [-0.3, -0.25) is 5.10 Å². The van der Waals surface area contributed by atoms with Gasteiger partial charge in [0.15, 0.2) is 5.65 Å². The number of aromatic nitrogens is 4. The SMILES string of the molecule is FC(COC1CC[C@H](Nc2ncnc3[nH]ncc23)C1)c1ccccc1. The average molecular weight is 341 g/mol. The molecule has 0 saturated heterocycles. The van der Waals surface area contributed by atoms with Crippen LogP contribution in [0.4, 0.5) is 10.2 Å². The number of rotatable bonds is 6. The topological polar surface area (TPSA) is 75.7 Å². The Bertz CT molecular complexity index is 824. The van der Waals surface area contributed by atoms with Crippen molar-refractivity contribution in [1.82, 2.24) is 20.2 Å². The normalized spacial score (nSPS) is 21.5. The number of ether oxygens (including phenoxy) is 1. The Morgan fingerprint density at radius 3 is 3.00 bits per heavy atom. The molecule has 2 heterocycles. The van der Waals surface area contributed by atoms with E-state index in [0.717, 1.165) is 30.5 Å². The molecule has 130 valence electrons. The lowest BCUT2D eigenvalue weighted by Gasteiger charge is -2.16. The molecule has 1 saturated carbocycles. The Labute approximate surface area is 144 Å². The van der Waals surface area contributed by atoms with Crippen LogP contribution in [0.15, 0.2) is 42.9 Å². The summed E-state index contributed by atoms with van der Waals surface area (Å²) in [6.45, 7) is 0.0981. The Morgan fingerprint density at radius 2 is 2.12 bits per heavy atom. The number of hydrogen-bond donors (Lipinski definition) is 2. The lowest BCUT2D eigenvalue weighted by atomic mass is 10.1. The number of aromatic amines is 1. The van der Waals surface area contributed by atoms with Crippen LogP contribution in [-0.2, 0) is 4.74 Å². The maximum absolute atomic E-state index is 14.2. The summed E-state index contributed by atoms with van der Waals surface area (Å²) >= 11 is 0. The average Bonchev–Trinajstić information content (AvgIpc) is 3.30. The zero-order valence-corrected chi connectivity index (χ0v) is 13.7. The zero-order valence-electron chi connectivity index (χ0n) is 13.7. The van der Waals surface area contributed by atoms with Crippen molar-refractivity contribution in [3.8, 4) is 0 Å². The molecule has 2 aromatic heterocycles. The van der Waals surface area contributed by atoms with Crippen LogP contribution in [0.3, 0.4) is 0 Å². The third kappa shape index (κ3) is 3.61. The van der Waals surface area contributed by atoms with Gasteiger partial charge in [0.2, 0.25) is 0 Å². The van der Waals surface area contributed by atoms with E-state index in [4.69, 9.17) is 4.74 Å². The van der Waals surface area contributed by atoms with E-state index >= 15 is 0 Å². The van der Waals surface area contributed by atoms with Crippen molar-refractivity contribution in [2.75, 3.05) is 11.9 Å². The van der Waals surface area contributed by atoms with Crippen molar-refractivity contribution in [2.24, 2.45) is 0 Å². The van der Waals surface area contributed by atoms with Gasteiger partial charge in [-0.2, -0.15) is 5.10 Å². The van der Waals surface area contributed by atoms with Gasteiger partial charge in [0.05, 0.1) is 24.3 Å². The molecule has 0 radical (unpaired) electrons. The highest BCUT2D eigenvalue weighted by Gasteiger charge is 2.27. The summed E-state index contributed by atoms with van der Waals surface area (Å²) in [5, 5.41) is 11.1. The molecule has 7 heteroatoms. The van der Waals surface area contributed by atoms with E-state index in [-0.39, 0.29) is 18.8 Å². The Balaban J connectivity index is 1.30. The van der Waals surface area contributed by atoms with Crippen LogP contribution < -0.4 is 5.32 Å². The second-order valence-corrected chi connectivity index (χ2v) is 6.34. The second-order valence-electron chi connectivity index (χ2n) is 6.34. The number of halogens is 1. The molecule has 3 atom stereocenters. The number of H-pyrrole nitrogens is 1. The summed E-state index contributed by atoms with van der Waals surface area (Å²) in [6, 6.07) is 9.41. The van der Waals surface area contributed by atoms with Gasteiger partial charge in [-0.1, -0.05) is 30.3 Å². The van der Waals surface area contributed by atoms with E-state index in [1.165, 1.54) is 6.33 Å². The molecular weight excluding hydrogens is 321 g/mol. The summed E-state index contributed by atoms with van der Waals surface area (Å²) in [5.41, 5.74) is 1.38. The Kier molecular flexibility index (Phi) is 4.56.